The number of hydrogen-bond acceptors (Lipinski definition) is 3. The molecular formula is C15H19NO2. The first-order chi connectivity index (χ1) is 8.72. The third-order valence-electron chi connectivity index (χ3n) is 3.08. The second kappa shape index (κ2) is 5.74. The topological polar surface area (TPSA) is 34.4 Å². The molecule has 1 N–H and O–H groups in total. The highest BCUT2D eigenvalue weighted by molar-refractivity contribution is 5.35. The van der Waals surface area contributed by atoms with E-state index in [1.54, 1.807) is 13.4 Å². The predicted molar refractivity (Wildman–Crippen MR) is 71.7 cm³/mol. The van der Waals surface area contributed by atoms with Gasteiger partial charge < -0.3 is 14.5 Å². The fourth-order valence-corrected chi connectivity index (χ4v) is 2.11. The van der Waals surface area contributed by atoms with Gasteiger partial charge in [-0.2, -0.15) is 0 Å². The standard InChI is InChI=1S/C15H19NO2/c1-11(13-7-4-5-8-15(13)17-3)16-12(2)14-9-6-10-18-14/h4-12,16H,1-3H3. The van der Waals surface area contributed by atoms with Crippen molar-refractivity contribution in [3.63, 3.8) is 0 Å². The largest absolute Gasteiger partial charge is 0.496 e. The van der Waals surface area contributed by atoms with E-state index >= 15 is 0 Å². The SMILES string of the molecule is COc1ccccc1C(C)NC(C)c1ccco1. The summed E-state index contributed by atoms with van der Waals surface area (Å²) in [6.45, 7) is 4.21. The Hall–Kier alpha value is -1.74. The van der Waals surface area contributed by atoms with Crippen LogP contribution in [0.4, 0.5) is 0 Å². The van der Waals surface area contributed by atoms with Gasteiger partial charge in [0, 0.05) is 11.6 Å². The highest BCUT2D eigenvalue weighted by atomic mass is 16.5. The van der Waals surface area contributed by atoms with Crippen molar-refractivity contribution in [2.24, 2.45) is 0 Å². The zero-order valence-corrected chi connectivity index (χ0v) is 11.0. The van der Waals surface area contributed by atoms with Gasteiger partial charge in [-0.3, -0.25) is 0 Å². The van der Waals surface area contributed by atoms with E-state index in [2.05, 4.69) is 25.2 Å². The van der Waals surface area contributed by atoms with Gasteiger partial charge in [0.05, 0.1) is 19.4 Å². The second-order valence-electron chi connectivity index (χ2n) is 4.37. The molecule has 0 radical (unpaired) electrons. The number of ether oxygens (including phenoxy) is 1. The van der Waals surface area contributed by atoms with Gasteiger partial charge in [0.2, 0.25) is 0 Å². The number of para-hydroxylation sites is 1. The third-order valence-corrected chi connectivity index (χ3v) is 3.08. The van der Waals surface area contributed by atoms with Crippen LogP contribution in [0.5, 0.6) is 5.75 Å². The van der Waals surface area contributed by atoms with E-state index in [1.165, 1.54) is 0 Å². The zero-order valence-electron chi connectivity index (χ0n) is 11.0. The second-order valence-corrected chi connectivity index (χ2v) is 4.37. The lowest BCUT2D eigenvalue weighted by Crippen LogP contribution is -2.22. The van der Waals surface area contributed by atoms with Crippen LogP contribution >= 0.6 is 0 Å². The summed E-state index contributed by atoms with van der Waals surface area (Å²) in [5.41, 5.74) is 1.15. The molecule has 2 unspecified atom stereocenters. The monoisotopic (exact) mass is 245 g/mol. The third kappa shape index (κ3) is 2.74. The summed E-state index contributed by atoms with van der Waals surface area (Å²) < 4.78 is 10.8. The average molecular weight is 245 g/mol. The van der Waals surface area contributed by atoms with Gasteiger partial charge in [0.25, 0.3) is 0 Å². The Kier molecular flexibility index (Phi) is 4.05. The van der Waals surface area contributed by atoms with Crippen LogP contribution in [0, 0.1) is 0 Å². The Morgan fingerprint density at radius 1 is 1.06 bits per heavy atom. The Balaban J connectivity index is 2.09. The van der Waals surface area contributed by atoms with E-state index in [9.17, 15) is 0 Å². The molecule has 0 aliphatic heterocycles. The van der Waals surface area contributed by atoms with Crippen LogP contribution in [0.15, 0.2) is 47.1 Å². The van der Waals surface area contributed by atoms with Gasteiger partial charge in [0.1, 0.15) is 11.5 Å². The summed E-state index contributed by atoms with van der Waals surface area (Å²) in [7, 11) is 1.70. The first kappa shape index (κ1) is 12.7. The summed E-state index contributed by atoms with van der Waals surface area (Å²) in [5, 5.41) is 3.50. The van der Waals surface area contributed by atoms with E-state index in [1.807, 2.05) is 30.3 Å². The molecule has 1 aromatic heterocycles. The Labute approximate surface area is 108 Å². The minimum Gasteiger partial charge on any atom is -0.496 e. The van der Waals surface area contributed by atoms with Crippen molar-refractivity contribution >= 4 is 0 Å². The molecule has 1 heterocycles. The van der Waals surface area contributed by atoms with Crippen LogP contribution in [-0.2, 0) is 0 Å². The molecule has 2 aromatic rings. The smallest absolute Gasteiger partial charge is 0.123 e. The van der Waals surface area contributed by atoms with Crippen molar-refractivity contribution in [1.29, 1.82) is 0 Å². The molecule has 2 rings (SSSR count). The Bertz CT molecular complexity index is 479. The molecule has 0 aliphatic carbocycles. The Morgan fingerprint density at radius 2 is 1.83 bits per heavy atom. The molecule has 18 heavy (non-hydrogen) atoms. The lowest BCUT2D eigenvalue weighted by molar-refractivity contribution is 0.380. The van der Waals surface area contributed by atoms with E-state index < -0.39 is 0 Å². The van der Waals surface area contributed by atoms with E-state index in [0.717, 1.165) is 17.1 Å². The fourth-order valence-electron chi connectivity index (χ4n) is 2.11. The van der Waals surface area contributed by atoms with E-state index in [4.69, 9.17) is 9.15 Å². The van der Waals surface area contributed by atoms with Crippen molar-refractivity contribution < 1.29 is 9.15 Å². The van der Waals surface area contributed by atoms with Crippen molar-refractivity contribution in [3.8, 4) is 5.75 Å². The number of furan rings is 1. The highest BCUT2D eigenvalue weighted by Gasteiger charge is 2.15. The molecule has 3 nitrogen and oxygen atoms in total. The lowest BCUT2D eigenvalue weighted by atomic mass is 10.1. The van der Waals surface area contributed by atoms with Crippen LogP contribution in [0.1, 0.15) is 37.3 Å². The minimum absolute atomic E-state index is 0.167. The molecule has 96 valence electrons. The summed E-state index contributed by atoms with van der Waals surface area (Å²) in [6, 6.07) is 12.3. The first-order valence-corrected chi connectivity index (χ1v) is 6.14. The average Bonchev–Trinajstić information content (AvgIpc) is 2.92. The molecule has 0 bridgehead atoms. The lowest BCUT2D eigenvalue weighted by Gasteiger charge is -2.20. The van der Waals surface area contributed by atoms with Crippen LogP contribution in [0.3, 0.4) is 0 Å². The fraction of sp³-hybridized carbons (Fsp3) is 0.333. The van der Waals surface area contributed by atoms with Gasteiger partial charge in [-0.05, 0) is 32.0 Å². The molecule has 0 aliphatic rings. The minimum atomic E-state index is 0.167. The van der Waals surface area contributed by atoms with Gasteiger partial charge >= 0.3 is 0 Å². The molecule has 0 fully saturated rings. The van der Waals surface area contributed by atoms with Crippen molar-refractivity contribution in [2.45, 2.75) is 25.9 Å². The number of rotatable bonds is 5. The summed E-state index contributed by atoms with van der Waals surface area (Å²) in [4.78, 5) is 0. The molecule has 0 spiro atoms. The van der Waals surface area contributed by atoms with E-state index in [-0.39, 0.29) is 12.1 Å². The van der Waals surface area contributed by atoms with Gasteiger partial charge in [0.15, 0.2) is 0 Å². The first-order valence-electron chi connectivity index (χ1n) is 6.14. The van der Waals surface area contributed by atoms with Crippen LogP contribution in [-0.4, -0.2) is 7.11 Å². The summed E-state index contributed by atoms with van der Waals surface area (Å²) in [5.74, 6) is 1.85. The van der Waals surface area contributed by atoms with Crippen LogP contribution in [0.2, 0.25) is 0 Å². The van der Waals surface area contributed by atoms with Crippen molar-refractivity contribution in [2.75, 3.05) is 7.11 Å². The number of hydrogen-bond donors (Lipinski definition) is 1. The maximum absolute atomic E-state index is 5.39. The normalized spacial score (nSPS) is 14.2. The predicted octanol–water partition coefficient (Wildman–Crippen LogP) is 3.70. The van der Waals surface area contributed by atoms with E-state index in [0.29, 0.717) is 0 Å². The maximum atomic E-state index is 5.39. The van der Waals surface area contributed by atoms with Crippen LogP contribution in [0.25, 0.3) is 0 Å². The van der Waals surface area contributed by atoms with Crippen molar-refractivity contribution in [1.82, 2.24) is 5.32 Å². The van der Waals surface area contributed by atoms with Crippen molar-refractivity contribution in [3.05, 3.63) is 54.0 Å². The summed E-state index contributed by atoms with van der Waals surface area (Å²) >= 11 is 0. The molecular weight excluding hydrogens is 226 g/mol. The van der Waals surface area contributed by atoms with Crippen LogP contribution < -0.4 is 10.1 Å². The number of benzene rings is 1. The van der Waals surface area contributed by atoms with Gasteiger partial charge in [-0.25, -0.2) is 0 Å². The summed E-state index contributed by atoms with van der Waals surface area (Å²) in [6.07, 6.45) is 1.70. The van der Waals surface area contributed by atoms with Gasteiger partial charge in [-0.1, -0.05) is 18.2 Å². The number of methoxy groups -OCH3 is 1. The zero-order chi connectivity index (χ0) is 13.0. The molecule has 0 amide bonds. The molecule has 0 saturated carbocycles. The van der Waals surface area contributed by atoms with Gasteiger partial charge in [-0.15, -0.1) is 0 Å². The molecule has 1 aromatic carbocycles. The molecule has 3 heteroatoms. The number of nitrogens with one attached hydrogen (secondary N) is 1. The maximum Gasteiger partial charge on any atom is 0.123 e. The quantitative estimate of drug-likeness (QED) is 0.872. The molecule has 2 atom stereocenters. The highest BCUT2D eigenvalue weighted by Crippen LogP contribution is 2.26. The Morgan fingerprint density at radius 3 is 2.50 bits per heavy atom. The molecule has 0 saturated heterocycles.